The van der Waals surface area contributed by atoms with Gasteiger partial charge in [-0.3, -0.25) is 0 Å². The summed E-state index contributed by atoms with van der Waals surface area (Å²) >= 11 is 0. The predicted molar refractivity (Wildman–Crippen MR) is 176 cm³/mol. The van der Waals surface area contributed by atoms with E-state index in [0.29, 0.717) is 0 Å². The Balaban J connectivity index is 1.86. The molecule has 0 unspecified atom stereocenters. The molecule has 0 heterocycles. The summed E-state index contributed by atoms with van der Waals surface area (Å²) in [5, 5.41) is 0. The summed E-state index contributed by atoms with van der Waals surface area (Å²) in [6, 6.07) is 33.1. The topological polar surface area (TPSA) is 18.5 Å². The molecule has 0 atom stereocenters. The second-order valence-corrected chi connectivity index (χ2v) is 11.3. The largest absolute Gasteiger partial charge is 0.497 e. The van der Waals surface area contributed by atoms with E-state index in [0.717, 1.165) is 11.5 Å². The van der Waals surface area contributed by atoms with Crippen LogP contribution in [0.25, 0.3) is 22.3 Å². The van der Waals surface area contributed by atoms with Gasteiger partial charge in [0.2, 0.25) is 6.71 Å². The van der Waals surface area contributed by atoms with Crippen LogP contribution >= 0.6 is 0 Å². The van der Waals surface area contributed by atoms with Crippen LogP contribution < -0.4 is 25.9 Å². The first-order valence-corrected chi connectivity index (χ1v) is 14.3. The molecule has 0 bridgehead atoms. The van der Waals surface area contributed by atoms with Gasteiger partial charge in [-0.05, 0) is 88.1 Å². The normalized spacial score (nSPS) is 10.9. The number of ether oxygens (including phenoxy) is 2. The second-order valence-electron chi connectivity index (χ2n) is 11.3. The number of rotatable bonds is 7. The van der Waals surface area contributed by atoms with Gasteiger partial charge in [-0.15, -0.1) is 0 Å². The highest BCUT2D eigenvalue weighted by atomic mass is 16.5. The lowest BCUT2D eigenvalue weighted by molar-refractivity contribution is 0.415. The van der Waals surface area contributed by atoms with E-state index in [1.165, 1.54) is 72.0 Å². The third-order valence-corrected chi connectivity index (χ3v) is 8.24. The van der Waals surface area contributed by atoms with Crippen LogP contribution in [0.2, 0.25) is 0 Å². The number of benzene rings is 5. The molecule has 5 rings (SSSR count). The first-order valence-electron chi connectivity index (χ1n) is 14.3. The highest BCUT2D eigenvalue weighted by molar-refractivity contribution is 6.97. The summed E-state index contributed by atoms with van der Waals surface area (Å²) < 4.78 is 10.9. The van der Waals surface area contributed by atoms with Gasteiger partial charge >= 0.3 is 0 Å². The lowest BCUT2D eigenvalue weighted by Crippen LogP contribution is -2.56. The molecule has 0 spiro atoms. The smallest absolute Gasteiger partial charge is 0.243 e. The molecular weight excluding hydrogens is 499 g/mol. The summed E-state index contributed by atoms with van der Waals surface area (Å²) in [5.41, 5.74) is 16.7. The number of methoxy groups -OCH3 is 2. The fourth-order valence-corrected chi connectivity index (χ4v) is 6.55. The van der Waals surface area contributed by atoms with Crippen molar-refractivity contribution in [2.24, 2.45) is 0 Å². The van der Waals surface area contributed by atoms with Gasteiger partial charge in [0.15, 0.2) is 0 Å². The van der Waals surface area contributed by atoms with Crippen molar-refractivity contribution in [3.63, 3.8) is 0 Å². The number of hydrogen-bond donors (Lipinski definition) is 0. The molecule has 0 amide bonds. The predicted octanol–water partition coefficient (Wildman–Crippen LogP) is 7.40. The Morgan fingerprint density at radius 3 is 1.24 bits per heavy atom. The first kappa shape index (κ1) is 28.3. The molecule has 0 saturated heterocycles. The van der Waals surface area contributed by atoms with Crippen LogP contribution in [0.1, 0.15) is 33.4 Å². The Hall–Kier alpha value is -4.24. The highest BCUT2D eigenvalue weighted by Gasteiger charge is 2.31. The highest BCUT2D eigenvalue weighted by Crippen LogP contribution is 2.28. The van der Waals surface area contributed by atoms with Crippen molar-refractivity contribution < 1.29 is 9.47 Å². The summed E-state index contributed by atoms with van der Waals surface area (Å²) in [7, 11) is 3.42. The van der Waals surface area contributed by atoms with Crippen LogP contribution in [-0.4, -0.2) is 20.9 Å². The molecule has 41 heavy (non-hydrogen) atoms. The zero-order valence-corrected chi connectivity index (χ0v) is 25.6. The standard InChI is InChI=1S/C38H39BO2/c1-24-19-26(3)37(27(4)20-24)39(38-28(5)21-25(2)22-29(38)6)36-23-32(30-9-14-33(40-7)15-10-30)13-18-35(36)31-11-16-34(41-8)17-12-31/h9-23H,1-8H3. The van der Waals surface area contributed by atoms with Crippen molar-refractivity contribution in [1.82, 2.24) is 0 Å². The SMILES string of the molecule is COc1ccc(-c2ccc(-c3ccc(OC)cc3)c(B(c3c(C)cc(C)cc3C)c3c(C)cc(C)cc3C)c2)cc1. The van der Waals surface area contributed by atoms with Gasteiger partial charge in [0, 0.05) is 0 Å². The van der Waals surface area contributed by atoms with Crippen molar-refractivity contribution >= 4 is 23.1 Å². The Bertz CT molecular complexity index is 1600. The molecule has 0 fully saturated rings. The third-order valence-electron chi connectivity index (χ3n) is 8.24. The van der Waals surface area contributed by atoms with Crippen molar-refractivity contribution in [2.75, 3.05) is 14.2 Å². The van der Waals surface area contributed by atoms with Gasteiger partial charge in [-0.1, -0.05) is 116 Å². The average molecular weight is 539 g/mol. The van der Waals surface area contributed by atoms with Crippen LogP contribution in [0.3, 0.4) is 0 Å². The molecule has 0 saturated carbocycles. The summed E-state index contributed by atoms with van der Waals surface area (Å²) in [6.45, 7) is 13.5. The minimum atomic E-state index is 0.0616. The van der Waals surface area contributed by atoms with E-state index in [2.05, 4.69) is 120 Å². The Labute approximate surface area is 246 Å². The maximum absolute atomic E-state index is 5.49. The van der Waals surface area contributed by atoms with Crippen LogP contribution in [-0.2, 0) is 0 Å². The van der Waals surface area contributed by atoms with Gasteiger partial charge < -0.3 is 9.47 Å². The quantitative estimate of drug-likeness (QED) is 0.201. The molecule has 0 aliphatic heterocycles. The van der Waals surface area contributed by atoms with Crippen LogP contribution in [0.5, 0.6) is 11.5 Å². The van der Waals surface area contributed by atoms with Gasteiger partial charge in [-0.2, -0.15) is 0 Å². The van der Waals surface area contributed by atoms with Crippen LogP contribution in [0.4, 0.5) is 0 Å². The maximum Gasteiger partial charge on any atom is 0.243 e. The molecule has 2 nitrogen and oxygen atoms in total. The van der Waals surface area contributed by atoms with E-state index in [1.807, 2.05) is 12.1 Å². The second kappa shape index (κ2) is 11.7. The minimum absolute atomic E-state index is 0.0616. The lowest BCUT2D eigenvalue weighted by atomic mass is 9.33. The van der Waals surface area contributed by atoms with Crippen molar-refractivity contribution in [3.05, 3.63) is 124 Å². The maximum atomic E-state index is 5.49. The van der Waals surface area contributed by atoms with E-state index in [-0.39, 0.29) is 6.71 Å². The number of aryl methyl sites for hydroxylation is 6. The van der Waals surface area contributed by atoms with Crippen LogP contribution in [0, 0.1) is 41.5 Å². The fourth-order valence-electron chi connectivity index (χ4n) is 6.55. The van der Waals surface area contributed by atoms with Crippen molar-refractivity contribution in [3.8, 4) is 33.8 Å². The molecule has 206 valence electrons. The molecule has 0 N–H and O–H groups in total. The summed E-state index contributed by atoms with van der Waals surface area (Å²) in [6.07, 6.45) is 0. The fraction of sp³-hybridized carbons (Fsp3) is 0.211. The van der Waals surface area contributed by atoms with Gasteiger partial charge in [0.05, 0.1) is 14.2 Å². The summed E-state index contributed by atoms with van der Waals surface area (Å²) in [5.74, 6) is 1.72. The van der Waals surface area contributed by atoms with E-state index in [9.17, 15) is 0 Å². The van der Waals surface area contributed by atoms with Gasteiger partial charge in [-0.25, -0.2) is 0 Å². The lowest BCUT2D eigenvalue weighted by Gasteiger charge is -2.27. The zero-order chi connectivity index (χ0) is 29.3. The monoisotopic (exact) mass is 538 g/mol. The molecular formula is C38H39BO2. The molecule has 3 heteroatoms. The van der Waals surface area contributed by atoms with E-state index >= 15 is 0 Å². The third kappa shape index (κ3) is 5.67. The van der Waals surface area contributed by atoms with E-state index < -0.39 is 0 Å². The molecule has 5 aromatic carbocycles. The van der Waals surface area contributed by atoms with E-state index in [1.54, 1.807) is 14.2 Å². The molecule has 0 aromatic heterocycles. The Kier molecular flexibility index (Phi) is 8.08. The number of hydrogen-bond acceptors (Lipinski definition) is 2. The van der Waals surface area contributed by atoms with E-state index in [4.69, 9.17) is 9.47 Å². The van der Waals surface area contributed by atoms with Crippen molar-refractivity contribution in [1.29, 1.82) is 0 Å². The Morgan fingerprint density at radius 2 is 0.829 bits per heavy atom. The average Bonchev–Trinajstić information content (AvgIpc) is 2.95. The molecule has 5 aromatic rings. The molecule has 0 aliphatic rings. The van der Waals surface area contributed by atoms with Crippen LogP contribution in [0.15, 0.2) is 91.0 Å². The first-order chi connectivity index (χ1) is 19.7. The Morgan fingerprint density at radius 1 is 0.439 bits per heavy atom. The molecule has 0 radical (unpaired) electrons. The van der Waals surface area contributed by atoms with Gasteiger partial charge in [0.1, 0.15) is 11.5 Å². The van der Waals surface area contributed by atoms with Gasteiger partial charge in [0.25, 0.3) is 0 Å². The van der Waals surface area contributed by atoms with Crippen molar-refractivity contribution in [2.45, 2.75) is 41.5 Å². The minimum Gasteiger partial charge on any atom is -0.497 e. The zero-order valence-electron chi connectivity index (χ0n) is 25.6. The molecule has 0 aliphatic carbocycles. The summed E-state index contributed by atoms with van der Waals surface area (Å²) in [4.78, 5) is 0.